The summed E-state index contributed by atoms with van der Waals surface area (Å²) in [5, 5.41) is 9.32. The molecule has 1 fully saturated rings. The van der Waals surface area contributed by atoms with Crippen LogP contribution in [0.3, 0.4) is 0 Å². The summed E-state index contributed by atoms with van der Waals surface area (Å²) in [5.41, 5.74) is -0.482. The lowest BCUT2D eigenvalue weighted by atomic mass is 10.1. The molecule has 5 heteroatoms. The fraction of sp³-hybridized carbons (Fsp3) is 0.923. The zero-order valence-corrected chi connectivity index (χ0v) is 11.8. The van der Waals surface area contributed by atoms with Crippen LogP contribution in [0.2, 0.25) is 0 Å². The van der Waals surface area contributed by atoms with E-state index in [0.717, 1.165) is 6.42 Å². The molecule has 0 bridgehead atoms. The van der Waals surface area contributed by atoms with Crippen LogP contribution in [-0.4, -0.2) is 53.6 Å². The van der Waals surface area contributed by atoms with Crippen LogP contribution in [0.5, 0.6) is 0 Å². The number of amides is 1. The summed E-state index contributed by atoms with van der Waals surface area (Å²) in [5.74, 6) is 0. The van der Waals surface area contributed by atoms with Gasteiger partial charge in [-0.15, -0.1) is 0 Å². The third-order valence-corrected chi connectivity index (χ3v) is 2.77. The molecule has 0 aromatic heterocycles. The molecule has 2 unspecified atom stereocenters. The van der Waals surface area contributed by atoms with E-state index in [2.05, 4.69) is 0 Å². The van der Waals surface area contributed by atoms with Crippen molar-refractivity contribution < 1.29 is 19.4 Å². The van der Waals surface area contributed by atoms with Crippen LogP contribution >= 0.6 is 0 Å². The molecule has 0 saturated carbocycles. The molecule has 1 aliphatic heterocycles. The Morgan fingerprint density at radius 3 is 2.78 bits per heavy atom. The first-order valence-electron chi connectivity index (χ1n) is 6.55. The normalized spacial score (nSPS) is 22.7. The lowest BCUT2D eigenvalue weighted by Gasteiger charge is -2.36. The molecule has 106 valence electrons. The summed E-state index contributed by atoms with van der Waals surface area (Å²) in [7, 11) is 0. The number of carbonyl (C=O) groups excluding carboxylic acids is 1. The summed E-state index contributed by atoms with van der Waals surface area (Å²) < 4.78 is 10.8. The quantitative estimate of drug-likeness (QED) is 0.839. The highest BCUT2D eigenvalue weighted by molar-refractivity contribution is 5.68. The second-order valence-electron chi connectivity index (χ2n) is 5.83. The third kappa shape index (κ3) is 5.23. The van der Waals surface area contributed by atoms with E-state index in [1.807, 2.05) is 20.8 Å². The number of carbonyl (C=O) groups is 1. The van der Waals surface area contributed by atoms with Crippen molar-refractivity contribution >= 4 is 6.09 Å². The Hall–Kier alpha value is -0.810. The number of hydrogen-bond acceptors (Lipinski definition) is 4. The van der Waals surface area contributed by atoms with Gasteiger partial charge in [0.1, 0.15) is 5.60 Å². The molecule has 18 heavy (non-hydrogen) atoms. The predicted molar refractivity (Wildman–Crippen MR) is 68.5 cm³/mol. The largest absolute Gasteiger partial charge is 0.444 e. The molecule has 0 spiro atoms. The second kappa shape index (κ2) is 6.38. The van der Waals surface area contributed by atoms with Gasteiger partial charge in [-0.25, -0.2) is 4.79 Å². The van der Waals surface area contributed by atoms with Crippen molar-refractivity contribution in [3.63, 3.8) is 0 Å². The van der Waals surface area contributed by atoms with Gasteiger partial charge >= 0.3 is 6.09 Å². The Bertz CT molecular complexity index is 273. The predicted octanol–water partition coefficient (Wildman–Crippen LogP) is 1.78. The van der Waals surface area contributed by atoms with E-state index >= 15 is 0 Å². The van der Waals surface area contributed by atoms with Gasteiger partial charge in [0.25, 0.3) is 0 Å². The summed E-state index contributed by atoms with van der Waals surface area (Å²) in [4.78, 5) is 13.8. The monoisotopic (exact) mass is 259 g/mol. The van der Waals surface area contributed by atoms with E-state index in [1.54, 1.807) is 11.8 Å². The molecule has 1 amide bonds. The minimum atomic E-state index is -0.482. The average Bonchev–Trinajstić information content (AvgIpc) is 2.24. The SMILES string of the molecule is CC(O)CCC1COCCN1C(=O)OC(C)(C)C. The van der Waals surface area contributed by atoms with Gasteiger partial charge < -0.3 is 19.5 Å². The number of aliphatic hydroxyl groups excluding tert-OH is 1. The van der Waals surface area contributed by atoms with Gasteiger partial charge in [-0.05, 0) is 40.5 Å². The molecule has 0 aliphatic carbocycles. The van der Waals surface area contributed by atoms with Gasteiger partial charge in [-0.1, -0.05) is 0 Å². The number of morpholine rings is 1. The standard InChI is InChI=1S/C13H25NO4/c1-10(15)5-6-11-9-17-8-7-14(11)12(16)18-13(2,3)4/h10-11,15H,5-9H2,1-4H3. The zero-order chi connectivity index (χ0) is 13.8. The summed E-state index contributed by atoms with van der Waals surface area (Å²) in [6.45, 7) is 8.94. The Morgan fingerprint density at radius 2 is 2.22 bits per heavy atom. The molecule has 0 aromatic rings. The molecule has 1 aliphatic rings. The maximum atomic E-state index is 12.1. The van der Waals surface area contributed by atoms with Gasteiger partial charge in [0.2, 0.25) is 0 Å². The topological polar surface area (TPSA) is 59.0 Å². The molecule has 0 radical (unpaired) electrons. The lowest BCUT2D eigenvalue weighted by Crippen LogP contribution is -2.50. The van der Waals surface area contributed by atoms with Gasteiger partial charge in [-0.3, -0.25) is 0 Å². The van der Waals surface area contributed by atoms with E-state index in [-0.39, 0.29) is 18.2 Å². The highest BCUT2D eigenvalue weighted by Crippen LogP contribution is 2.18. The van der Waals surface area contributed by atoms with Crippen molar-refractivity contribution in [2.45, 2.75) is 58.3 Å². The number of ether oxygens (including phenoxy) is 2. The number of aliphatic hydroxyl groups is 1. The van der Waals surface area contributed by atoms with Crippen LogP contribution < -0.4 is 0 Å². The van der Waals surface area contributed by atoms with Crippen LogP contribution in [0, 0.1) is 0 Å². The minimum Gasteiger partial charge on any atom is -0.444 e. The van der Waals surface area contributed by atoms with Gasteiger partial charge in [0, 0.05) is 6.54 Å². The summed E-state index contributed by atoms with van der Waals surface area (Å²) >= 11 is 0. The van der Waals surface area contributed by atoms with Gasteiger partial charge in [0.15, 0.2) is 0 Å². The van der Waals surface area contributed by atoms with Gasteiger partial charge in [0.05, 0.1) is 25.4 Å². The van der Waals surface area contributed by atoms with Crippen LogP contribution in [0.1, 0.15) is 40.5 Å². The number of rotatable bonds is 3. The van der Waals surface area contributed by atoms with Crippen LogP contribution in [0.25, 0.3) is 0 Å². The second-order valence-corrected chi connectivity index (χ2v) is 5.83. The Kier molecular flexibility index (Phi) is 5.41. The van der Waals surface area contributed by atoms with Crippen molar-refractivity contribution in [1.82, 2.24) is 4.90 Å². The van der Waals surface area contributed by atoms with Crippen molar-refractivity contribution in [2.75, 3.05) is 19.8 Å². The van der Waals surface area contributed by atoms with E-state index < -0.39 is 5.60 Å². The van der Waals surface area contributed by atoms with Crippen molar-refractivity contribution in [3.8, 4) is 0 Å². The maximum Gasteiger partial charge on any atom is 0.410 e. The summed E-state index contributed by atoms with van der Waals surface area (Å²) in [6.07, 6.45) is 0.748. The van der Waals surface area contributed by atoms with Crippen LogP contribution in [-0.2, 0) is 9.47 Å². The van der Waals surface area contributed by atoms with Crippen LogP contribution in [0.4, 0.5) is 4.79 Å². The average molecular weight is 259 g/mol. The molecular formula is C13H25NO4. The van der Waals surface area contributed by atoms with E-state index in [0.29, 0.717) is 26.2 Å². The molecule has 0 aromatic carbocycles. The van der Waals surface area contributed by atoms with Crippen molar-refractivity contribution in [3.05, 3.63) is 0 Å². The Balaban J connectivity index is 2.55. The van der Waals surface area contributed by atoms with E-state index in [9.17, 15) is 9.90 Å². The molecule has 1 heterocycles. The highest BCUT2D eigenvalue weighted by atomic mass is 16.6. The van der Waals surface area contributed by atoms with Gasteiger partial charge in [-0.2, -0.15) is 0 Å². The first kappa shape index (κ1) is 15.2. The number of hydrogen-bond donors (Lipinski definition) is 1. The molecule has 1 rings (SSSR count). The smallest absolute Gasteiger partial charge is 0.410 e. The molecule has 1 N–H and O–H groups in total. The van der Waals surface area contributed by atoms with E-state index in [1.165, 1.54) is 0 Å². The molecule has 1 saturated heterocycles. The molecule has 5 nitrogen and oxygen atoms in total. The fourth-order valence-corrected chi connectivity index (χ4v) is 1.89. The maximum absolute atomic E-state index is 12.1. The fourth-order valence-electron chi connectivity index (χ4n) is 1.89. The van der Waals surface area contributed by atoms with Crippen molar-refractivity contribution in [2.24, 2.45) is 0 Å². The Labute approximate surface area is 109 Å². The summed E-state index contributed by atoms with van der Waals surface area (Å²) in [6, 6.07) is 0.00296. The highest BCUT2D eigenvalue weighted by Gasteiger charge is 2.30. The molecular weight excluding hydrogens is 234 g/mol. The third-order valence-electron chi connectivity index (χ3n) is 2.77. The van der Waals surface area contributed by atoms with Crippen LogP contribution in [0.15, 0.2) is 0 Å². The lowest BCUT2D eigenvalue weighted by molar-refractivity contribution is -0.0362. The first-order valence-corrected chi connectivity index (χ1v) is 6.55. The first-order chi connectivity index (χ1) is 8.29. The Morgan fingerprint density at radius 1 is 1.56 bits per heavy atom. The number of nitrogens with zero attached hydrogens (tertiary/aromatic N) is 1. The molecule has 2 atom stereocenters. The van der Waals surface area contributed by atoms with Crippen molar-refractivity contribution in [1.29, 1.82) is 0 Å². The zero-order valence-electron chi connectivity index (χ0n) is 11.8. The van der Waals surface area contributed by atoms with E-state index in [4.69, 9.17) is 9.47 Å². The minimum absolute atomic E-state index is 0.00296.